The standard InChI is InChI=1S/C16H23N3O4/c20-14-11-3-1-2-4-12(11)18-16(22)13(14)15(21)17-5-6-19-7-9-23-10-8-19/h1-10H2,(H,17,21)(H2,18,20,22)/p+1. The lowest BCUT2D eigenvalue weighted by Crippen LogP contribution is -3.14. The number of H-pyrrole nitrogens is 1. The summed E-state index contributed by atoms with van der Waals surface area (Å²) in [7, 11) is 0. The van der Waals surface area contributed by atoms with Crippen LogP contribution in [-0.2, 0) is 17.6 Å². The van der Waals surface area contributed by atoms with Crippen molar-refractivity contribution in [2.75, 3.05) is 39.4 Å². The van der Waals surface area contributed by atoms with Crippen molar-refractivity contribution in [2.24, 2.45) is 0 Å². The molecule has 0 atom stereocenters. The van der Waals surface area contributed by atoms with Crippen LogP contribution in [0, 0.1) is 0 Å². The molecule has 1 fully saturated rings. The molecule has 3 rings (SSSR count). The van der Waals surface area contributed by atoms with Crippen molar-refractivity contribution in [1.82, 2.24) is 10.3 Å². The average Bonchev–Trinajstić information content (AvgIpc) is 2.56. The highest BCUT2D eigenvalue weighted by Gasteiger charge is 2.24. The number of amides is 1. The van der Waals surface area contributed by atoms with Gasteiger partial charge in [-0.05, 0) is 25.7 Å². The molecule has 1 aliphatic heterocycles. The fourth-order valence-electron chi connectivity index (χ4n) is 3.32. The zero-order chi connectivity index (χ0) is 16.2. The van der Waals surface area contributed by atoms with Crippen LogP contribution in [0.2, 0.25) is 0 Å². The Hall–Kier alpha value is -1.86. The molecule has 2 aliphatic rings. The van der Waals surface area contributed by atoms with E-state index >= 15 is 0 Å². The Balaban J connectivity index is 1.66. The van der Waals surface area contributed by atoms with Gasteiger partial charge < -0.3 is 25.0 Å². The normalized spacial score (nSPS) is 18.4. The lowest BCUT2D eigenvalue weighted by Gasteiger charge is -2.23. The molecule has 1 aliphatic carbocycles. The molecule has 23 heavy (non-hydrogen) atoms. The quantitative estimate of drug-likeness (QED) is 0.548. The first-order valence-corrected chi connectivity index (χ1v) is 8.33. The number of morpholine rings is 1. The Bertz CT molecular complexity index is 635. The number of rotatable bonds is 4. The van der Waals surface area contributed by atoms with Crippen molar-refractivity contribution in [3.8, 4) is 5.75 Å². The predicted molar refractivity (Wildman–Crippen MR) is 84.1 cm³/mol. The first-order valence-electron chi connectivity index (χ1n) is 8.33. The molecule has 7 nitrogen and oxygen atoms in total. The Kier molecular flexibility index (Phi) is 4.97. The van der Waals surface area contributed by atoms with E-state index in [4.69, 9.17) is 4.74 Å². The van der Waals surface area contributed by atoms with Crippen molar-refractivity contribution in [3.63, 3.8) is 0 Å². The van der Waals surface area contributed by atoms with Gasteiger partial charge in [-0.2, -0.15) is 0 Å². The van der Waals surface area contributed by atoms with Gasteiger partial charge >= 0.3 is 0 Å². The number of quaternary nitrogens is 1. The first kappa shape index (κ1) is 16.0. The maximum Gasteiger partial charge on any atom is 0.264 e. The fraction of sp³-hybridized carbons (Fsp3) is 0.625. The largest absolute Gasteiger partial charge is 0.507 e. The third kappa shape index (κ3) is 3.56. The number of aryl methyl sites for hydroxylation is 1. The third-order valence-corrected chi connectivity index (χ3v) is 4.67. The molecule has 2 heterocycles. The van der Waals surface area contributed by atoms with Crippen LogP contribution in [0.25, 0.3) is 0 Å². The van der Waals surface area contributed by atoms with E-state index in [1.54, 1.807) is 0 Å². The summed E-state index contributed by atoms with van der Waals surface area (Å²) in [5, 5.41) is 13.1. The Labute approximate surface area is 134 Å². The summed E-state index contributed by atoms with van der Waals surface area (Å²) in [6, 6.07) is 0. The van der Waals surface area contributed by atoms with E-state index in [1.165, 1.54) is 4.90 Å². The summed E-state index contributed by atoms with van der Waals surface area (Å²) >= 11 is 0. The minimum atomic E-state index is -0.501. The second-order valence-corrected chi connectivity index (χ2v) is 6.21. The summed E-state index contributed by atoms with van der Waals surface area (Å²) < 4.78 is 5.29. The summed E-state index contributed by atoms with van der Waals surface area (Å²) in [4.78, 5) is 28.5. The zero-order valence-corrected chi connectivity index (χ0v) is 13.2. The number of hydrogen-bond donors (Lipinski definition) is 4. The third-order valence-electron chi connectivity index (χ3n) is 4.67. The lowest BCUT2D eigenvalue weighted by atomic mass is 9.93. The van der Waals surface area contributed by atoms with Gasteiger partial charge in [0.25, 0.3) is 11.5 Å². The van der Waals surface area contributed by atoms with Crippen LogP contribution in [-0.4, -0.2) is 55.4 Å². The fourth-order valence-corrected chi connectivity index (χ4v) is 3.32. The molecule has 7 heteroatoms. The second-order valence-electron chi connectivity index (χ2n) is 6.21. The molecule has 0 unspecified atom stereocenters. The number of aromatic amines is 1. The molecule has 0 saturated carbocycles. The lowest BCUT2D eigenvalue weighted by molar-refractivity contribution is -0.906. The number of hydrogen-bond acceptors (Lipinski definition) is 4. The van der Waals surface area contributed by atoms with E-state index in [2.05, 4.69) is 10.3 Å². The van der Waals surface area contributed by atoms with Crippen molar-refractivity contribution in [2.45, 2.75) is 25.7 Å². The van der Waals surface area contributed by atoms with Crippen LogP contribution in [0.1, 0.15) is 34.5 Å². The van der Waals surface area contributed by atoms with Crippen molar-refractivity contribution in [3.05, 3.63) is 27.2 Å². The van der Waals surface area contributed by atoms with Crippen LogP contribution in [0.3, 0.4) is 0 Å². The maximum atomic E-state index is 12.3. The molecule has 0 bridgehead atoms. The van der Waals surface area contributed by atoms with E-state index < -0.39 is 11.5 Å². The number of fused-ring (bicyclic) bond motifs is 1. The van der Waals surface area contributed by atoms with Crippen LogP contribution < -0.4 is 15.8 Å². The Morgan fingerprint density at radius 2 is 2.00 bits per heavy atom. The van der Waals surface area contributed by atoms with Gasteiger partial charge in [-0.15, -0.1) is 0 Å². The molecule has 1 amide bonds. The van der Waals surface area contributed by atoms with E-state index in [9.17, 15) is 14.7 Å². The first-order chi connectivity index (χ1) is 11.2. The predicted octanol–water partition coefficient (Wildman–Crippen LogP) is -1.40. The van der Waals surface area contributed by atoms with Gasteiger partial charge in [0.05, 0.1) is 26.3 Å². The van der Waals surface area contributed by atoms with E-state index in [1.807, 2.05) is 0 Å². The number of aromatic hydroxyl groups is 1. The van der Waals surface area contributed by atoms with Gasteiger partial charge in [0.15, 0.2) is 0 Å². The second kappa shape index (κ2) is 7.14. The zero-order valence-electron chi connectivity index (χ0n) is 13.2. The Morgan fingerprint density at radius 3 is 2.78 bits per heavy atom. The number of nitrogens with one attached hydrogen (secondary N) is 3. The number of carbonyl (C=O) groups excluding carboxylic acids is 1. The van der Waals surface area contributed by atoms with Crippen LogP contribution >= 0.6 is 0 Å². The summed E-state index contributed by atoms with van der Waals surface area (Å²) in [5.41, 5.74) is 0.842. The monoisotopic (exact) mass is 322 g/mol. The molecule has 0 radical (unpaired) electrons. The number of aromatic nitrogens is 1. The molecular weight excluding hydrogens is 298 g/mol. The van der Waals surface area contributed by atoms with Gasteiger partial charge in [0.2, 0.25) is 0 Å². The minimum Gasteiger partial charge on any atom is -0.507 e. The van der Waals surface area contributed by atoms with Crippen molar-refractivity contribution in [1.29, 1.82) is 0 Å². The smallest absolute Gasteiger partial charge is 0.264 e. The molecule has 0 aromatic carbocycles. The molecule has 1 saturated heterocycles. The molecule has 1 aromatic heterocycles. The highest BCUT2D eigenvalue weighted by Crippen LogP contribution is 2.28. The summed E-state index contributed by atoms with van der Waals surface area (Å²) in [6.07, 6.45) is 3.42. The maximum absolute atomic E-state index is 12.3. The van der Waals surface area contributed by atoms with Crippen molar-refractivity contribution >= 4 is 5.91 Å². The van der Waals surface area contributed by atoms with E-state index in [0.29, 0.717) is 13.0 Å². The van der Waals surface area contributed by atoms with Gasteiger partial charge in [0.1, 0.15) is 24.4 Å². The Morgan fingerprint density at radius 1 is 1.26 bits per heavy atom. The molecule has 0 spiro atoms. The minimum absolute atomic E-state index is 0.139. The molecular formula is C16H24N3O4+. The van der Waals surface area contributed by atoms with Crippen LogP contribution in [0.15, 0.2) is 4.79 Å². The van der Waals surface area contributed by atoms with Gasteiger partial charge in [0, 0.05) is 11.3 Å². The highest BCUT2D eigenvalue weighted by molar-refractivity contribution is 5.96. The molecule has 1 aromatic rings. The summed E-state index contributed by atoms with van der Waals surface area (Å²) in [5.74, 6) is -0.635. The highest BCUT2D eigenvalue weighted by atomic mass is 16.5. The van der Waals surface area contributed by atoms with Gasteiger partial charge in [-0.3, -0.25) is 9.59 Å². The van der Waals surface area contributed by atoms with Crippen LogP contribution in [0.4, 0.5) is 0 Å². The number of carbonyl (C=O) groups is 1. The molecule has 4 N–H and O–H groups in total. The average molecular weight is 322 g/mol. The van der Waals surface area contributed by atoms with Crippen LogP contribution in [0.5, 0.6) is 5.75 Å². The molecule has 126 valence electrons. The van der Waals surface area contributed by atoms with E-state index in [0.717, 1.165) is 63.4 Å². The van der Waals surface area contributed by atoms with Crippen molar-refractivity contribution < 1.29 is 19.5 Å². The number of ether oxygens (including phenoxy) is 1. The topological polar surface area (TPSA) is 95.9 Å². The summed E-state index contributed by atoms with van der Waals surface area (Å²) in [6.45, 7) is 4.62. The number of pyridine rings is 1. The van der Waals surface area contributed by atoms with E-state index in [-0.39, 0.29) is 11.3 Å². The SMILES string of the molecule is O=C(NCC[NH+]1CCOCC1)c1c(O)c2c([nH]c1=O)CCCC2. The van der Waals surface area contributed by atoms with Gasteiger partial charge in [-0.25, -0.2) is 0 Å². The van der Waals surface area contributed by atoms with Gasteiger partial charge in [-0.1, -0.05) is 0 Å².